The predicted molar refractivity (Wildman–Crippen MR) is 125 cm³/mol. The molecule has 5 aliphatic rings. The van der Waals surface area contributed by atoms with Crippen LogP contribution in [-0.2, 0) is 22.6 Å². The summed E-state index contributed by atoms with van der Waals surface area (Å²) >= 11 is 0. The number of alkyl halides is 2. The van der Waals surface area contributed by atoms with Crippen LogP contribution in [0, 0.1) is 11.3 Å². The zero-order chi connectivity index (χ0) is 24.4. The molecule has 1 aromatic rings. The number of nitrogens with zero attached hydrogens (tertiary/aromatic N) is 1. The molecule has 1 saturated heterocycles. The number of nitrogens with one attached hydrogen (secondary N) is 2. The van der Waals surface area contributed by atoms with Crippen LogP contribution in [0.4, 0.5) is 8.78 Å². The quantitative estimate of drug-likeness (QED) is 0.624. The van der Waals surface area contributed by atoms with E-state index in [0.29, 0.717) is 36.5 Å². The molecule has 2 N–H and O–H groups in total. The first kappa shape index (κ1) is 23.1. The molecular formula is C27H33F2N3O3. The average molecular weight is 486 g/mol. The fraction of sp³-hybridized carbons (Fsp3) is 0.667. The van der Waals surface area contributed by atoms with Gasteiger partial charge in [-0.25, -0.2) is 8.78 Å². The molecule has 1 unspecified atom stereocenters. The minimum absolute atomic E-state index is 0.0654. The second kappa shape index (κ2) is 8.36. The topological polar surface area (TPSA) is 78.5 Å². The smallest absolute Gasteiger partial charge is 0.255 e. The van der Waals surface area contributed by atoms with E-state index in [1.54, 1.807) is 4.90 Å². The van der Waals surface area contributed by atoms with Crippen molar-refractivity contribution in [3.8, 4) is 0 Å². The van der Waals surface area contributed by atoms with Crippen molar-refractivity contribution in [3.05, 3.63) is 34.9 Å². The maximum Gasteiger partial charge on any atom is 0.255 e. The van der Waals surface area contributed by atoms with Crippen LogP contribution >= 0.6 is 0 Å². The maximum atomic E-state index is 13.4. The van der Waals surface area contributed by atoms with Crippen LogP contribution < -0.4 is 10.6 Å². The molecule has 2 aliphatic heterocycles. The van der Waals surface area contributed by atoms with Crippen LogP contribution in [0.1, 0.15) is 85.7 Å². The third-order valence-electron chi connectivity index (χ3n) is 9.07. The van der Waals surface area contributed by atoms with Gasteiger partial charge in [-0.15, -0.1) is 0 Å². The summed E-state index contributed by atoms with van der Waals surface area (Å²) in [4.78, 5) is 38.3. The highest BCUT2D eigenvalue weighted by atomic mass is 19.3. The van der Waals surface area contributed by atoms with Crippen LogP contribution in [0.2, 0.25) is 0 Å². The molecule has 6 nitrogen and oxygen atoms in total. The molecule has 0 radical (unpaired) electrons. The molecule has 3 aliphatic carbocycles. The Morgan fingerprint density at radius 1 is 1.06 bits per heavy atom. The van der Waals surface area contributed by atoms with E-state index in [2.05, 4.69) is 16.7 Å². The van der Waals surface area contributed by atoms with Gasteiger partial charge < -0.3 is 10.2 Å². The summed E-state index contributed by atoms with van der Waals surface area (Å²) in [6, 6.07) is 6.20. The number of carbonyl (C=O) groups excluding carboxylic acids is 3. The molecule has 2 heterocycles. The molecule has 35 heavy (non-hydrogen) atoms. The highest BCUT2D eigenvalue weighted by Crippen LogP contribution is 2.62. The van der Waals surface area contributed by atoms with E-state index in [-0.39, 0.29) is 42.4 Å². The van der Waals surface area contributed by atoms with Crippen LogP contribution in [-0.4, -0.2) is 46.7 Å². The van der Waals surface area contributed by atoms with Gasteiger partial charge in [0, 0.05) is 43.5 Å². The zero-order valence-electron chi connectivity index (χ0n) is 20.0. The van der Waals surface area contributed by atoms with Gasteiger partial charge in [0.05, 0.1) is 0 Å². The summed E-state index contributed by atoms with van der Waals surface area (Å²) in [5.41, 5.74) is 2.69. The molecule has 188 valence electrons. The molecule has 3 atom stereocenters. The first-order valence-corrected chi connectivity index (χ1v) is 13.1. The summed E-state index contributed by atoms with van der Waals surface area (Å²) in [6.07, 6.45) is 8.10. The van der Waals surface area contributed by atoms with Gasteiger partial charge in [0.15, 0.2) is 0 Å². The Hall–Kier alpha value is -2.35. The highest BCUT2D eigenvalue weighted by Gasteiger charge is 2.61. The van der Waals surface area contributed by atoms with Crippen molar-refractivity contribution >= 4 is 17.7 Å². The molecule has 3 amide bonds. The summed E-state index contributed by atoms with van der Waals surface area (Å²) in [5.74, 6) is -2.76. The van der Waals surface area contributed by atoms with Crippen LogP contribution in [0.5, 0.6) is 0 Å². The van der Waals surface area contributed by atoms with Crippen molar-refractivity contribution in [2.24, 2.45) is 11.3 Å². The minimum atomic E-state index is -2.44. The van der Waals surface area contributed by atoms with Crippen LogP contribution in [0.3, 0.4) is 0 Å². The number of fused-ring (bicyclic) bond motifs is 1. The second-order valence-electron chi connectivity index (χ2n) is 11.7. The lowest BCUT2D eigenvalue weighted by Crippen LogP contribution is -2.61. The molecule has 6 rings (SSSR count). The predicted octanol–water partition coefficient (Wildman–Crippen LogP) is 3.72. The van der Waals surface area contributed by atoms with Gasteiger partial charge in [0.1, 0.15) is 6.04 Å². The lowest BCUT2D eigenvalue weighted by Gasteiger charge is -2.58. The zero-order valence-corrected chi connectivity index (χ0v) is 20.0. The third-order valence-corrected chi connectivity index (χ3v) is 9.07. The summed E-state index contributed by atoms with van der Waals surface area (Å²) in [6.45, 7) is 0.398. The second-order valence-corrected chi connectivity index (χ2v) is 11.7. The van der Waals surface area contributed by atoms with Gasteiger partial charge in [0.2, 0.25) is 17.7 Å². The van der Waals surface area contributed by atoms with Crippen LogP contribution in [0.25, 0.3) is 0 Å². The van der Waals surface area contributed by atoms with E-state index in [1.165, 1.54) is 18.4 Å². The minimum Gasteiger partial charge on any atom is -0.322 e. The molecule has 4 fully saturated rings. The first-order chi connectivity index (χ1) is 16.7. The van der Waals surface area contributed by atoms with E-state index >= 15 is 0 Å². The molecular weight excluding hydrogens is 452 g/mol. The van der Waals surface area contributed by atoms with E-state index in [9.17, 15) is 23.2 Å². The average Bonchev–Trinajstić information content (AvgIpc) is 3.08. The first-order valence-electron chi connectivity index (χ1n) is 13.1. The van der Waals surface area contributed by atoms with Crippen LogP contribution in [0.15, 0.2) is 18.2 Å². The Morgan fingerprint density at radius 3 is 2.57 bits per heavy atom. The lowest BCUT2D eigenvalue weighted by atomic mass is 9.52. The fourth-order valence-corrected chi connectivity index (χ4v) is 7.47. The van der Waals surface area contributed by atoms with E-state index in [1.807, 2.05) is 12.1 Å². The molecule has 0 aromatic heterocycles. The van der Waals surface area contributed by atoms with E-state index < -0.39 is 12.0 Å². The Bertz CT molecular complexity index is 1060. The number of halogens is 2. The Kier molecular flexibility index (Phi) is 5.51. The standard InChI is InChI=1S/C27H33F2N3O3/c28-27(29)14-26(15-27)11-19(12-26)30-21-4-2-1-3-17(21)9-16-5-6-20-18(10-16)13-32(25(20)35)22-7-8-23(33)31-24(22)34/h5-6,10,17,19,21-22,30H,1-4,7-9,11-15H2,(H,31,33,34)/t17-,21+,22?/m1/s1. The number of piperidine rings is 1. The van der Waals surface area contributed by atoms with Crippen molar-refractivity contribution in [1.82, 2.24) is 15.5 Å². The number of amides is 3. The fourth-order valence-electron chi connectivity index (χ4n) is 7.47. The van der Waals surface area contributed by atoms with E-state index in [0.717, 1.165) is 37.7 Å². The Balaban J connectivity index is 1.09. The van der Waals surface area contributed by atoms with Gasteiger partial charge in [-0.1, -0.05) is 25.0 Å². The van der Waals surface area contributed by atoms with Crippen molar-refractivity contribution < 1.29 is 23.2 Å². The molecule has 3 saturated carbocycles. The van der Waals surface area contributed by atoms with Gasteiger partial charge in [-0.3, -0.25) is 19.7 Å². The van der Waals surface area contributed by atoms with Crippen molar-refractivity contribution in [1.29, 1.82) is 0 Å². The Morgan fingerprint density at radius 2 is 1.83 bits per heavy atom. The Labute approximate surface area is 204 Å². The van der Waals surface area contributed by atoms with Gasteiger partial charge in [0.25, 0.3) is 5.91 Å². The normalized spacial score (nSPS) is 31.7. The maximum absolute atomic E-state index is 13.4. The van der Waals surface area contributed by atoms with Crippen molar-refractivity contribution in [2.45, 2.75) is 101 Å². The molecule has 1 spiro atoms. The van der Waals surface area contributed by atoms with Gasteiger partial charge in [-0.05, 0) is 67.1 Å². The van der Waals surface area contributed by atoms with Gasteiger partial charge in [-0.2, -0.15) is 0 Å². The molecule has 0 bridgehead atoms. The number of rotatable bonds is 5. The number of hydrogen-bond acceptors (Lipinski definition) is 4. The number of carbonyl (C=O) groups is 3. The summed E-state index contributed by atoms with van der Waals surface area (Å²) in [7, 11) is 0. The highest BCUT2D eigenvalue weighted by molar-refractivity contribution is 6.05. The SMILES string of the molecule is O=C1CCC(N2Cc3cc(C[C@H]4CCCC[C@@H]4NC4CC5(C4)CC(F)(F)C5)ccc3C2=O)C(=O)N1. The number of hydrogen-bond donors (Lipinski definition) is 2. The summed E-state index contributed by atoms with van der Waals surface area (Å²) < 4.78 is 26.7. The molecule has 8 heteroatoms. The lowest BCUT2D eigenvalue weighted by molar-refractivity contribution is -0.199. The van der Waals surface area contributed by atoms with E-state index in [4.69, 9.17) is 0 Å². The van der Waals surface area contributed by atoms with Crippen molar-refractivity contribution in [3.63, 3.8) is 0 Å². The number of imide groups is 1. The third kappa shape index (κ3) is 4.28. The number of benzene rings is 1. The molecule has 1 aromatic carbocycles. The largest absolute Gasteiger partial charge is 0.322 e. The van der Waals surface area contributed by atoms with Gasteiger partial charge >= 0.3 is 0 Å². The summed E-state index contributed by atoms with van der Waals surface area (Å²) in [5, 5.41) is 6.16. The monoisotopic (exact) mass is 485 g/mol. The van der Waals surface area contributed by atoms with Crippen molar-refractivity contribution in [2.75, 3.05) is 0 Å².